The number of benzene rings is 2. The Labute approximate surface area is 150 Å². The molecule has 2 aliphatic heterocycles. The van der Waals surface area contributed by atoms with Gasteiger partial charge in [0.2, 0.25) is 0 Å². The summed E-state index contributed by atoms with van der Waals surface area (Å²) in [6.45, 7) is 1.97. The minimum atomic E-state index is -0.541. The highest BCUT2D eigenvalue weighted by molar-refractivity contribution is 6.55. The molecule has 4 rings (SSSR count). The lowest BCUT2D eigenvalue weighted by Gasteiger charge is -2.12. The number of phenols is 1. The van der Waals surface area contributed by atoms with E-state index in [1.807, 2.05) is 24.3 Å². The minimum Gasteiger partial charge on any atom is -0.507 e. The van der Waals surface area contributed by atoms with E-state index in [2.05, 4.69) is 4.99 Å². The zero-order valence-corrected chi connectivity index (χ0v) is 14.4. The van der Waals surface area contributed by atoms with Crippen molar-refractivity contribution in [2.45, 2.75) is 13.0 Å². The molecule has 2 aromatic carbocycles. The lowest BCUT2D eigenvalue weighted by molar-refractivity contribution is -0.134. The third-order valence-corrected chi connectivity index (χ3v) is 4.37. The van der Waals surface area contributed by atoms with Gasteiger partial charge in [0.25, 0.3) is 0 Å². The molecule has 132 valence electrons. The molecule has 6 heteroatoms. The monoisotopic (exact) mass is 351 g/mol. The quantitative estimate of drug-likeness (QED) is 0.856. The van der Waals surface area contributed by atoms with Gasteiger partial charge in [-0.25, -0.2) is 4.79 Å². The van der Waals surface area contributed by atoms with Gasteiger partial charge < -0.3 is 19.3 Å². The van der Waals surface area contributed by atoms with Crippen LogP contribution in [0, 0.1) is 0 Å². The van der Waals surface area contributed by atoms with Crippen LogP contribution in [-0.4, -0.2) is 30.5 Å². The van der Waals surface area contributed by atoms with Crippen molar-refractivity contribution in [2.24, 2.45) is 4.99 Å². The Bertz CT molecular complexity index is 960. The second-order valence-corrected chi connectivity index (χ2v) is 5.86. The number of nitrogens with zero attached hydrogens (tertiary/aromatic N) is 1. The van der Waals surface area contributed by atoms with Crippen LogP contribution in [0.15, 0.2) is 53.2 Å². The van der Waals surface area contributed by atoms with Crippen LogP contribution in [0.1, 0.15) is 24.1 Å². The average molecular weight is 351 g/mol. The van der Waals surface area contributed by atoms with Crippen LogP contribution in [0.4, 0.5) is 0 Å². The second kappa shape index (κ2) is 6.22. The van der Waals surface area contributed by atoms with Gasteiger partial charge in [0.1, 0.15) is 29.0 Å². The number of rotatable bonds is 4. The fraction of sp³-hybridized carbons (Fsp3) is 0.200. The van der Waals surface area contributed by atoms with Crippen LogP contribution in [0.5, 0.6) is 17.2 Å². The molecule has 0 saturated heterocycles. The highest BCUT2D eigenvalue weighted by Gasteiger charge is 2.42. The van der Waals surface area contributed by atoms with Gasteiger partial charge in [-0.1, -0.05) is 18.2 Å². The third-order valence-electron chi connectivity index (χ3n) is 4.37. The molecule has 0 fully saturated rings. The number of carbonyl (C=O) groups is 1. The smallest absolute Gasteiger partial charge is 0.357 e. The Morgan fingerprint density at radius 1 is 1.27 bits per heavy atom. The molecule has 1 N–H and O–H groups in total. The standard InChI is InChI=1S/C20H17NO5/c1-3-25-20(23)18-16(12-9-8-11(24-2)10-14(12)22)19-17(21-18)13-6-4-5-7-15(13)26-19/h4-10,17,22H,3H2,1-2H3. The first-order valence-corrected chi connectivity index (χ1v) is 8.27. The molecule has 1 unspecified atom stereocenters. The van der Waals surface area contributed by atoms with Crippen molar-refractivity contribution < 1.29 is 24.1 Å². The summed E-state index contributed by atoms with van der Waals surface area (Å²) in [5.74, 6) is 1.17. The summed E-state index contributed by atoms with van der Waals surface area (Å²) < 4.78 is 16.3. The van der Waals surface area contributed by atoms with Crippen molar-refractivity contribution in [2.75, 3.05) is 13.7 Å². The molecule has 0 radical (unpaired) electrons. The number of carbonyl (C=O) groups excluding carboxylic acids is 1. The van der Waals surface area contributed by atoms with Crippen LogP contribution >= 0.6 is 0 Å². The van der Waals surface area contributed by atoms with Crippen LogP contribution in [0.2, 0.25) is 0 Å². The number of phenolic OH excluding ortho intramolecular Hbond substituents is 1. The number of methoxy groups -OCH3 is 1. The summed E-state index contributed by atoms with van der Waals surface area (Å²) in [6, 6.07) is 12.0. The summed E-state index contributed by atoms with van der Waals surface area (Å²) in [4.78, 5) is 17.0. The van der Waals surface area contributed by atoms with Crippen LogP contribution in [0.25, 0.3) is 5.57 Å². The first kappa shape index (κ1) is 16.2. The van der Waals surface area contributed by atoms with Gasteiger partial charge in [-0.3, -0.25) is 4.99 Å². The van der Waals surface area contributed by atoms with Gasteiger partial charge in [0.15, 0.2) is 5.71 Å². The first-order valence-electron chi connectivity index (χ1n) is 8.27. The molecular formula is C20H17NO5. The van der Waals surface area contributed by atoms with Crippen molar-refractivity contribution in [3.8, 4) is 17.2 Å². The largest absolute Gasteiger partial charge is 0.507 e. The zero-order chi connectivity index (χ0) is 18.3. The number of para-hydroxylation sites is 1. The molecule has 2 aromatic rings. The fourth-order valence-corrected chi connectivity index (χ4v) is 3.21. The van der Waals surface area contributed by atoms with E-state index in [4.69, 9.17) is 14.2 Å². The maximum atomic E-state index is 12.5. The molecule has 6 nitrogen and oxygen atoms in total. The van der Waals surface area contributed by atoms with Crippen molar-refractivity contribution in [3.63, 3.8) is 0 Å². The number of aliphatic imine (C=N–C) groups is 1. The number of hydrogen-bond acceptors (Lipinski definition) is 6. The summed E-state index contributed by atoms with van der Waals surface area (Å²) in [5.41, 5.74) is 1.93. The van der Waals surface area contributed by atoms with E-state index in [0.717, 1.165) is 5.56 Å². The molecule has 2 aliphatic rings. The molecule has 0 amide bonds. The van der Waals surface area contributed by atoms with Gasteiger partial charge in [0, 0.05) is 17.2 Å². The van der Waals surface area contributed by atoms with Gasteiger partial charge in [-0.15, -0.1) is 0 Å². The summed E-state index contributed by atoms with van der Waals surface area (Å²) in [7, 11) is 1.52. The average Bonchev–Trinajstić information content (AvgIpc) is 3.18. The van der Waals surface area contributed by atoms with Gasteiger partial charge in [0.05, 0.1) is 19.3 Å². The molecule has 0 aromatic heterocycles. The van der Waals surface area contributed by atoms with E-state index in [9.17, 15) is 9.90 Å². The molecule has 0 saturated carbocycles. The number of ether oxygens (including phenoxy) is 3. The lowest BCUT2D eigenvalue weighted by Crippen LogP contribution is -2.18. The van der Waals surface area contributed by atoms with Crippen LogP contribution < -0.4 is 9.47 Å². The first-order chi connectivity index (χ1) is 12.6. The topological polar surface area (TPSA) is 77.4 Å². The van der Waals surface area contributed by atoms with Crippen molar-refractivity contribution in [3.05, 3.63) is 59.4 Å². The van der Waals surface area contributed by atoms with Crippen molar-refractivity contribution in [1.29, 1.82) is 0 Å². The minimum absolute atomic E-state index is 0.0240. The van der Waals surface area contributed by atoms with E-state index in [-0.39, 0.29) is 18.1 Å². The normalized spacial score (nSPS) is 17.3. The molecular weight excluding hydrogens is 334 g/mol. The molecule has 2 heterocycles. The van der Waals surface area contributed by atoms with Crippen molar-refractivity contribution in [1.82, 2.24) is 0 Å². The maximum Gasteiger partial charge on any atom is 0.357 e. The van der Waals surface area contributed by atoms with E-state index < -0.39 is 12.0 Å². The molecule has 0 bridgehead atoms. The van der Waals surface area contributed by atoms with E-state index in [1.165, 1.54) is 13.2 Å². The van der Waals surface area contributed by atoms with E-state index in [0.29, 0.717) is 28.4 Å². The second-order valence-electron chi connectivity index (χ2n) is 5.86. The number of aromatic hydroxyl groups is 1. The predicted octanol–water partition coefficient (Wildman–Crippen LogP) is 3.26. The highest BCUT2D eigenvalue weighted by atomic mass is 16.5. The van der Waals surface area contributed by atoms with Gasteiger partial charge in [-0.05, 0) is 25.1 Å². The Kier molecular flexibility index (Phi) is 3.88. The third kappa shape index (κ3) is 2.42. The fourth-order valence-electron chi connectivity index (χ4n) is 3.21. The van der Waals surface area contributed by atoms with Gasteiger partial charge in [-0.2, -0.15) is 0 Å². The molecule has 0 aliphatic carbocycles. The summed E-state index contributed by atoms with van der Waals surface area (Å²) in [5, 5.41) is 10.5. The molecule has 1 atom stereocenters. The lowest BCUT2D eigenvalue weighted by atomic mass is 9.98. The maximum absolute atomic E-state index is 12.5. The Hall–Kier alpha value is -3.28. The summed E-state index contributed by atoms with van der Waals surface area (Å²) >= 11 is 0. The van der Waals surface area contributed by atoms with Crippen LogP contribution in [0.3, 0.4) is 0 Å². The van der Waals surface area contributed by atoms with Crippen molar-refractivity contribution >= 4 is 17.3 Å². The number of hydrogen-bond donors (Lipinski definition) is 1. The Morgan fingerprint density at radius 2 is 2.08 bits per heavy atom. The molecule has 26 heavy (non-hydrogen) atoms. The van der Waals surface area contributed by atoms with Gasteiger partial charge >= 0.3 is 5.97 Å². The van der Waals surface area contributed by atoms with Crippen LogP contribution in [-0.2, 0) is 9.53 Å². The Balaban J connectivity index is 1.88. The predicted molar refractivity (Wildman–Crippen MR) is 95.5 cm³/mol. The Morgan fingerprint density at radius 3 is 2.81 bits per heavy atom. The highest BCUT2D eigenvalue weighted by Crippen LogP contribution is 2.49. The zero-order valence-electron chi connectivity index (χ0n) is 14.4. The SMILES string of the molecule is CCOC(=O)C1=NC2C(=C1c1ccc(OC)cc1O)Oc1ccccc12. The number of esters is 1. The van der Waals surface area contributed by atoms with E-state index in [1.54, 1.807) is 19.1 Å². The number of fused-ring (bicyclic) bond motifs is 3. The molecule has 0 spiro atoms. The summed E-state index contributed by atoms with van der Waals surface area (Å²) in [6.07, 6.45) is 0. The van der Waals surface area contributed by atoms with E-state index >= 15 is 0 Å².